The summed E-state index contributed by atoms with van der Waals surface area (Å²) >= 11 is 0. The predicted octanol–water partition coefficient (Wildman–Crippen LogP) is 3.61. The summed E-state index contributed by atoms with van der Waals surface area (Å²) in [7, 11) is 0. The molecule has 12 heteroatoms. The van der Waals surface area contributed by atoms with Gasteiger partial charge in [-0.3, -0.25) is 24.7 Å². The first-order valence-corrected chi connectivity index (χ1v) is 13.1. The topological polar surface area (TPSA) is 156 Å². The number of esters is 2. The number of fused-ring (bicyclic) bond motifs is 5. The predicted molar refractivity (Wildman–Crippen MR) is 147 cm³/mol. The van der Waals surface area contributed by atoms with E-state index < -0.39 is 28.0 Å². The van der Waals surface area contributed by atoms with Gasteiger partial charge in [0, 0.05) is 43.1 Å². The third-order valence-corrected chi connectivity index (χ3v) is 7.61. The van der Waals surface area contributed by atoms with Gasteiger partial charge in [0.15, 0.2) is 0 Å². The van der Waals surface area contributed by atoms with Gasteiger partial charge in [0.1, 0.15) is 12.0 Å². The van der Waals surface area contributed by atoms with Crippen LogP contribution in [0.4, 0.5) is 11.4 Å². The first-order valence-electron chi connectivity index (χ1n) is 13.1. The third kappa shape index (κ3) is 4.10. The maximum Gasteiger partial charge on any atom is 0.355 e. The van der Waals surface area contributed by atoms with Crippen LogP contribution in [0.5, 0.6) is 0 Å². The van der Waals surface area contributed by atoms with Gasteiger partial charge >= 0.3 is 11.9 Å². The van der Waals surface area contributed by atoms with Crippen molar-refractivity contribution in [2.75, 3.05) is 11.9 Å². The molecule has 0 saturated carbocycles. The number of aromatic nitrogens is 3. The fraction of sp³-hybridized carbons (Fsp3) is 0.276. The van der Waals surface area contributed by atoms with Crippen molar-refractivity contribution in [2.45, 2.75) is 45.4 Å². The summed E-state index contributed by atoms with van der Waals surface area (Å²) in [6.45, 7) is 3.15. The largest absolute Gasteiger partial charge is 0.457 e. The molecule has 6 rings (SSSR count). The minimum atomic E-state index is -1.77. The van der Waals surface area contributed by atoms with Gasteiger partial charge in [0.2, 0.25) is 5.60 Å². The van der Waals surface area contributed by atoms with Crippen LogP contribution in [0.15, 0.2) is 53.6 Å². The number of benzene rings is 1. The van der Waals surface area contributed by atoms with E-state index in [1.807, 2.05) is 12.1 Å². The first-order chi connectivity index (χ1) is 19.7. The number of hydrogen-bond acceptors (Lipinski definition) is 10. The van der Waals surface area contributed by atoms with E-state index in [1.54, 1.807) is 37.5 Å². The van der Waals surface area contributed by atoms with E-state index in [0.717, 1.165) is 5.56 Å². The fourth-order valence-electron chi connectivity index (χ4n) is 5.74. The van der Waals surface area contributed by atoms with Crippen molar-refractivity contribution in [1.29, 1.82) is 0 Å². The lowest BCUT2D eigenvalue weighted by atomic mass is 9.85. The maximum atomic E-state index is 13.8. The number of nitro groups is 1. The minimum Gasteiger partial charge on any atom is -0.457 e. The zero-order valence-corrected chi connectivity index (χ0v) is 22.3. The molecule has 1 N–H and O–H groups in total. The Morgan fingerprint density at radius 1 is 1.24 bits per heavy atom. The van der Waals surface area contributed by atoms with Crippen molar-refractivity contribution in [3.8, 4) is 11.4 Å². The first kappa shape index (κ1) is 26.1. The van der Waals surface area contributed by atoms with Crippen molar-refractivity contribution < 1.29 is 24.0 Å². The van der Waals surface area contributed by atoms with Crippen molar-refractivity contribution >= 4 is 34.2 Å². The van der Waals surface area contributed by atoms with Gasteiger partial charge in [-0.15, -0.1) is 0 Å². The standard InChI is InChI=1S/C29H25N5O7/c1-3-29(41-16(2)35)20-12-23-25-18(14-33(23)27(36)19(20)15-40-28(29)37)26(31-11-9-17-6-5-10-30-13-17)24-21(32-25)7-4-8-22(24)34(38)39/h4-8,10,12-13H,3,9,11,14-15H2,1-2H3,(H,31,32)/t29-/m0/s1. The molecule has 0 radical (unpaired) electrons. The van der Waals surface area contributed by atoms with Gasteiger partial charge in [-0.05, 0) is 36.6 Å². The number of nitro benzene ring substituents is 1. The number of nitrogens with zero attached hydrogens (tertiary/aromatic N) is 4. The highest BCUT2D eigenvalue weighted by Crippen LogP contribution is 2.44. The fourth-order valence-corrected chi connectivity index (χ4v) is 5.74. The second kappa shape index (κ2) is 9.81. The number of carbonyl (C=O) groups excluding carboxylic acids is 2. The number of anilines is 1. The Bertz CT molecular complexity index is 1820. The van der Waals surface area contributed by atoms with Crippen LogP contribution in [0.3, 0.4) is 0 Å². The molecule has 3 aromatic heterocycles. The molecule has 0 unspecified atom stereocenters. The molecule has 41 heavy (non-hydrogen) atoms. The molecule has 0 bridgehead atoms. The van der Waals surface area contributed by atoms with Crippen molar-refractivity contribution in [3.63, 3.8) is 0 Å². The Kier molecular flexibility index (Phi) is 6.24. The molecule has 0 spiro atoms. The summed E-state index contributed by atoms with van der Waals surface area (Å²) in [4.78, 5) is 59.3. The van der Waals surface area contributed by atoms with E-state index in [9.17, 15) is 24.5 Å². The van der Waals surface area contributed by atoms with Gasteiger partial charge < -0.3 is 19.4 Å². The maximum absolute atomic E-state index is 13.8. The lowest BCUT2D eigenvalue weighted by Gasteiger charge is -2.35. The minimum absolute atomic E-state index is 0.0622. The second-order valence-corrected chi connectivity index (χ2v) is 9.94. The number of hydrogen-bond donors (Lipinski definition) is 1. The van der Waals surface area contributed by atoms with Crippen LogP contribution in [-0.4, -0.2) is 37.9 Å². The molecule has 12 nitrogen and oxygen atoms in total. The molecule has 0 aliphatic carbocycles. The molecule has 2 aliphatic rings. The Morgan fingerprint density at radius 2 is 2.07 bits per heavy atom. The SMILES string of the molecule is CC[C@@]1(OC(C)=O)C(=O)OCc2c1cc1n(c2=O)Cc2c-1nc1cccc([N+](=O)[O-])c1c2NCCc1cccnc1. The molecule has 0 fully saturated rings. The molecule has 5 heterocycles. The van der Waals surface area contributed by atoms with Crippen LogP contribution in [-0.2, 0) is 44.2 Å². The monoisotopic (exact) mass is 555 g/mol. The van der Waals surface area contributed by atoms with Crippen molar-refractivity contribution in [1.82, 2.24) is 14.5 Å². The zero-order valence-electron chi connectivity index (χ0n) is 22.3. The lowest BCUT2D eigenvalue weighted by molar-refractivity contribution is -0.383. The quantitative estimate of drug-likeness (QED) is 0.179. The summed E-state index contributed by atoms with van der Waals surface area (Å²) in [6, 6.07) is 10.1. The summed E-state index contributed by atoms with van der Waals surface area (Å²) < 4.78 is 12.4. The third-order valence-electron chi connectivity index (χ3n) is 7.61. The lowest BCUT2D eigenvalue weighted by Crippen LogP contribution is -2.47. The average molecular weight is 556 g/mol. The second-order valence-electron chi connectivity index (χ2n) is 9.94. The van der Waals surface area contributed by atoms with Crippen LogP contribution >= 0.6 is 0 Å². The molecular weight excluding hydrogens is 530 g/mol. The Balaban J connectivity index is 1.55. The van der Waals surface area contributed by atoms with Crippen LogP contribution in [0.1, 0.15) is 42.5 Å². The zero-order chi connectivity index (χ0) is 28.9. The van der Waals surface area contributed by atoms with Crippen LogP contribution < -0.4 is 10.9 Å². The van der Waals surface area contributed by atoms with E-state index in [4.69, 9.17) is 14.5 Å². The number of carbonyl (C=O) groups is 2. The smallest absolute Gasteiger partial charge is 0.355 e. The highest BCUT2D eigenvalue weighted by Gasteiger charge is 2.50. The summed E-state index contributed by atoms with van der Waals surface area (Å²) in [5.41, 5.74) is 1.56. The number of cyclic esters (lactones) is 1. The summed E-state index contributed by atoms with van der Waals surface area (Å²) in [5.74, 6) is -1.43. The number of ether oxygens (including phenoxy) is 2. The van der Waals surface area contributed by atoms with Crippen LogP contribution in [0, 0.1) is 10.1 Å². The number of nitrogens with one attached hydrogen (secondary N) is 1. The van der Waals surface area contributed by atoms with Crippen molar-refractivity contribution in [3.05, 3.63) is 91.5 Å². The van der Waals surface area contributed by atoms with Gasteiger partial charge in [-0.25, -0.2) is 9.78 Å². The van der Waals surface area contributed by atoms with Gasteiger partial charge in [-0.2, -0.15) is 0 Å². The molecule has 2 aliphatic heterocycles. The summed E-state index contributed by atoms with van der Waals surface area (Å²) in [5, 5.41) is 15.8. The van der Waals surface area contributed by atoms with Gasteiger partial charge in [0.25, 0.3) is 11.2 Å². The van der Waals surface area contributed by atoms with E-state index in [1.165, 1.54) is 17.6 Å². The Labute approximate surface area is 233 Å². The normalized spacial score (nSPS) is 16.9. The van der Waals surface area contributed by atoms with Crippen molar-refractivity contribution in [2.24, 2.45) is 0 Å². The Morgan fingerprint density at radius 3 is 2.78 bits per heavy atom. The Hall–Kier alpha value is -5.13. The molecule has 1 atom stereocenters. The molecular formula is C29H25N5O7. The number of pyridine rings is 3. The molecule has 208 valence electrons. The van der Waals surface area contributed by atoms with E-state index in [-0.39, 0.29) is 36.4 Å². The molecule has 0 amide bonds. The van der Waals surface area contributed by atoms with E-state index in [2.05, 4.69) is 10.3 Å². The molecule has 0 saturated heterocycles. The van der Waals surface area contributed by atoms with E-state index >= 15 is 0 Å². The number of non-ortho nitro benzene ring substituents is 1. The van der Waals surface area contributed by atoms with Gasteiger partial charge in [0.05, 0.1) is 39.6 Å². The van der Waals surface area contributed by atoms with E-state index in [0.29, 0.717) is 46.5 Å². The number of rotatable bonds is 7. The summed E-state index contributed by atoms with van der Waals surface area (Å²) in [6.07, 6.45) is 4.11. The van der Waals surface area contributed by atoms with Crippen LogP contribution in [0.2, 0.25) is 0 Å². The highest BCUT2D eigenvalue weighted by molar-refractivity contribution is 6.03. The van der Waals surface area contributed by atoms with Crippen LogP contribution in [0.25, 0.3) is 22.3 Å². The molecule has 4 aromatic rings. The molecule has 1 aromatic carbocycles. The average Bonchev–Trinajstić information content (AvgIpc) is 3.33. The van der Waals surface area contributed by atoms with Gasteiger partial charge in [-0.1, -0.05) is 19.1 Å². The highest BCUT2D eigenvalue weighted by atomic mass is 16.6.